The van der Waals surface area contributed by atoms with Crippen LogP contribution in [0.15, 0.2) is 103 Å². The Morgan fingerprint density at radius 1 is 0.586 bits per heavy atom. The predicted octanol–water partition coefficient (Wildman–Crippen LogP) is 8.04. The normalized spacial score (nSPS) is 12.5. The quantitative estimate of drug-likeness (QED) is 0.340. The number of rotatable bonds is 4. The fourth-order valence-electron chi connectivity index (χ4n) is 4.31. The summed E-state index contributed by atoms with van der Waals surface area (Å²) in [5.41, 5.74) is 12.1. The fraction of sp³-hybridized carbons (Fsp3) is 0.103. The molecule has 0 atom stereocenters. The molecule has 0 radical (unpaired) electrons. The minimum atomic E-state index is 1.07. The summed E-state index contributed by atoms with van der Waals surface area (Å²) in [5, 5.41) is 0. The molecule has 0 amide bonds. The molecule has 0 nitrogen and oxygen atoms in total. The van der Waals surface area contributed by atoms with Crippen molar-refractivity contribution < 1.29 is 0 Å². The molecule has 0 saturated heterocycles. The van der Waals surface area contributed by atoms with E-state index in [0.29, 0.717) is 0 Å². The first kappa shape index (κ1) is 17.7. The molecule has 29 heavy (non-hydrogen) atoms. The van der Waals surface area contributed by atoms with Crippen LogP contribution in [0.5, 0.6) is 0 Å². The van der Waals surface area contributed by atoms with E-state index in [1.807, 2.05) is 0 Å². The van der Waals surface area contributed by atoms with Crippen molar-refractivity contribution in [3.8, 4) is 33.4 Å². The monoisotopic (exact) mass is 372 g/mol. The van der Waals surface area contributed by atoms with Gasteiger partial charge in [0.1, 0.15) is 0 Å². The van der Waals surface area contributed by atoms with Gasteiger partial charge in [0.2, 0.25) is 0 Å². The van der Waals surface area contributed by atoms with Gasteiger partial charge in [-0.05, 0) is 75.5 Å². The lowest BCUT2D eigenvalue weighted by atomic mass is 9.90. The summed E-state index contributed by atoms with van der Waals surface area (Å²) in [6, 6.07) is 35.1. The van der Waals surface area contributed by atoms with E-state index in [4.69, 9.17) is 0 Å². The van der Waals surface area contributed by atoms with Crippen LogP contribution in [0.4, 0.5) is 0 Å². The highest BCUT2D eigenvalue weighted by Crippen LogP contribution is 2.38. The maximum absolute atomic E-state index is 2.37. The van der Waals surface area contributed by atoms with Crippen molar-refractivity contribution in [3.05, 3.63) is 114 Å². The molecule has 0 aliphatic heterocycles. The molecule has 140 valence electrons. The van der Waals surface area contributed by atoms with Crippen molar-refractivity contribution in [1.29, 1.82) is 0 Å². The standard InChI is InChI=1S/C29H24/c1-2-21-16-24-14-9-15-28(29(24)17-21)27-19-25(22-10-5-3-6-11-22)18-26(20-27)23-12-7-4-8-13-23/h3-16,18-20H,2,17H2,1H3. The van der Waals surface area contributed by atoms with Crippen molar-refractivity contribution in [2.24, 2.45) is 0 Å². The molecular formula is C29H24. The highest BCUT2D eigenvalue weighted by atomic mass is 14.2. The van der Waals surface area contributed by atoms with Crippen LogP contribution in [0, 0.1) is 0 Å². The highest BCUT2D eigenvalue weighted by Gasteiger charge is 2.17. The minimum Gasteiger partial charge on any atom is -0.0655 e. The lowest BCUT2D eigenvalue weighted by Gasteiger charge is -2.14. The Morgan fingerprint density at radius 2 is 1.17 bits per heavy atom. The molecule has 4 aromatic rings. The lowest BCUT2D eigenvalue weighted by molar-refractivity contribution is 1.04. The van der Waals surface area contributed by atoms with Gasteiger partial charge >= 0.3 is 0 Å². The summed E-state index contributed by atoms with van der Waals surface area (Å²) in [6.07, 6.45) is 4.56. The van der Waals surface area contributed by atoms with E-state index in [2.05, 4.69) is 110 Å². The third-order valence-corrected chi connectivity index (χ3v) is 5.89. The molecule has 0 N–H and O–H groups in total. The zero-order valence-corrected chi connectivity index (χ0v) is 16.7. The second kappa shape index (κ2) is 7.56. The van der Waals surface area contributed by atoms with Gasteiger partial charge in [-0.2, -0.15) is 0 Å². The van der Waals surface area contributed by atoms with Gasteiger partial charge < -0.3 is 0 Å². The smallest absolute Gasteiger partial charge is 0.00518 e. The van der Waals surface area contributed by atoms with Gasteiger partial charge in [0.15, 0.2) is 0 Å². The molecule has 0 saturated carbocycles. The minimum absolute atomic E-state index is 1.07. The summed E-state index contributed by atoms with van der Waals surface area (Å²) in [7, 11) is 0. The van der Waals surface area contributed by atoms with E-state index in [-0.39, 0.29) is 0 Å². The van der Waals surface area contributed by atoms with Crippen molar-refractivity contribution in [2.45, 2.75) is 19.8 Å². The third-order valence-electron chi connectivity index (χ3n) is 5.89. The van der Waals surface area contributed by atoms with Crippen LogP contribution in [0.2, 0.25) is 0 Å². The molecule has 1 aliphatic carbocycles. The molecule has 0 aromatic heterocycles. The maximum Gasteiger partial charge on any atom is -0.00518 e. The third kappa shape index (κ3) is 3.43. The van der Waals surface area contributed by atoms with Gasteiger partial charge in [-0.15, -0.1) is 0 Å². The molecule has 5 rings (SSSR count). The molecule has 0 fully saturated rings. The summed E-state index contributed by atoms with van der Waals surface area (Å²) in [6.45, 7) is 2.25. The van der Waals surface area contributed by atoms with Gasteiger partial charge in [0.25, 0.3) is 0 Å². The Labute approximate surface area is 173 Å². The average Bonchev–Trinajstić information content (AvgIpc) is 3.23. The second-order valence-corrected chi connectivity index (χ2v) is 7.74. The van der Waals surface area contributed by atoms with E-state index >= 15 is 0 Å². The maximum atomic E-state index is 2.37. The number of fused-ring (bicyclic) bond motifs is 1. The van der Waals surface area contributed by atoms with Crippen molar-refractivity contribution in [1.82, 2.24) is 0 Å². The van der Waals surface area contributed by atoms with Gasteiger partial charge in [0, 0.05) is 0 Å². The first-order chi connectivity index (χ1) is 14.3. The Balaban J connectivity index is 1.70. The number of benzene rings is 4. The van der Waals surface area contributed by atoms with Gasteiger partial charge in [-0.1, -0.05) is 97.4 Å². The largest absolute Gasteiger partial charge is 0.0655 e. The SMILES string of the molecule is CCC1=Cc2cccc(-c3cc(-c4ccccc4)cc(-c4ccccc4)c3)c2C1. The van der Waals surface area contributed by atoms with Crippen LogP contribution in [0.3, 0.4) is 0 Å². The van der Waals surface area contributed by atoms with Gasteiger partial charge in [-0.25, -0.2) is 0 Å². The van der Waals surface area contributed by atoms with Crippen LogP contribution < -0.4 is 0 Å². The summed E-state index contributed by atoms with van der Waals surface area (Å²) in [4.78, 5) is 0. The first-order valence-electron chi connectivity index (χ1n) is 10.4. The Hall–Kier alpha value is -3.38. The van der Waals surface area contributed by atoms with E-state index in [1.165, 1.54) is 50.1 Å². The molecule has 4 aromatic carbocycles. The summed E-state index contributed by atoms with van der Waals surface area (Å²) >= 11 is 0. The van der Waals surface area contributed by atoms with Crippen LogP contribution in [-0.2, 0) is 6.42 Å². The fourth-order valence-corrected chi connectivity index (χ4v) is 4.31. The van der Waals surface area contributed by atoms with E-state index < -0.39 is 0 Å². The zero-order valence-electron chi connectivity index (χ0n) is 16.7. The van der Waals surface area contributed by atoms with E-state index in [0.717, 1.165) is 12.8 Å². The van der Waals surface area contributed by atoms with Crippen LogP contribution >= 0.6 is 0 Å². The van der Waals surface area contributed by atoms with E-state index in [9.17, 15) is 0 Å². The zero-order chi connectivity index (χ0) is 19.6. The second-order valence-electron chi connectivity index (χ2n) is 7.74. The predicted molar refractivity (Wildman–Crippen MR) is 125 cm³/mol. The van der Waals surface area contributed by atoms with Gasteiger partial charge in [-0.3, -0.25) is 0 Å². The highest BCUT2D eigenvalue weighted by molar-refractivity contribution is 5.84. The van der Waals surface area contributed by atoms with E-state index in [1.54, 1.807) is 0 Å². The number of hydrogen-bond donors (Lipinski definition) is 0. The summed E-state index contributed by atoms with van der Waals surface area (Å²) < 4.78 is 0. The molecule has 0 heteroatoms. The summed E-state index contributed by atoms with van der Waals surface area (Å²) in [5.74, 6) is 0. The molecule has 0 unspecified atom stereocenters. The average molecular weight is 373 g/mol. The van der Waals surface area contributed by atoms with Crippen molar-refractivity contribution >= 4 is 6.08 Å². The Morgan fingerprint density at radius 3 is 1.76 bits per heavy atom. The molecule has 0 bridgehead atoms. The van der Waals surface area contributed by atoms with Crippen LogP contribution in [-0.4, -0.2) is 0 Å². The van der Waals surface area contributed by atoms with Crippen molar-refractivity contribution in [2.75, 3.05) is 0 Å². The number of hydrogen-bond acceptors (Lipinski definition) is 0. The Bertz CT molecular complexity index is 1120. The molecule has 0 heterocycles. The molecule has 1 aliphatic rings. The van der Waals surface area contributed by atoms with Gasteiger partial charge in [0.05, 0.1) is 0 Å². The van der Waals surface area contributed by atoms with Crippen LogP contribution in [0.25, 0.3) is 39.5 Å². The molecular weight excluding hydrogens is 348 g/mol. The number of allylic oxidation sites excluding steroid dienone is 1. The van der Waals surface area contributed by atoms with Crippen molar-refractivity contribution in [3.63, 3.8) is 0 Å². The molecule has 0 spiro atoms. The topological polar surface area (TPSA) is 0 Å². The van der Waals surface area contributed by atoms with Crippen LogP contribution in [0.1, 0.15) is 24.5 Å². The first-order valence-corrected chi connectivity index (χ1v) is 10.4. The lowest BCUT2D eigenvalue weighted by Crippen LogP contribution is -1.92. The Kier molecular flexibility index (Phi) is 4.62.